The number of para-hydroxylation sites is 1. The Hall–Kier alpha value is -0.580. The van der Waals surface area contributed by atoms with Crippen LogP contribution in [-0.2, 0) is 0 Å². The van der Waals surface area contributed by atoms with Gasteiger partial charge in [-0.25, -0.2) is 9.29 Å². The second-order valence-electron chi connectivity index (χ2n) is 6.16. The van der Waals surface area contributed by atoms with Crippen LogP contribution in [0.2, 0.25) is 0 Å². The fourth-order valence-corrected chi connectivity index (χ4v) is 4.12. The van der Waals surface area contributed by atoms with Gasteiger partial charge in [-0.05, 0) is 50.8 Å². The van der Waals surface area contributed by atoms with Gasteiger partial charge in [-0.1, -0.05) is 26.0 Å². The molecule has 4 heteroatoms. The third-order valence-corrected chi connectivity index (χ3v) is 5.21. The van der Waals surface area contributed by atoms with Gasteiger partial charge in [0.1, 0.15) is 0 Å². The number of fused-ring (bicyclic) bond motifs is 1. The molecule has 2 rings (SSSR count). The van der Waals surface area contributed by atoms with Crippen LogP contribution in [0.15, 0.2) is 28.6 Å². The summed E-state index contributed by atoms with van der Waals surface area (Å²) in [6.07, 6.45) is 0. The summed E-state index contributed by atoms with van der Waals surface area (Å²) in [6, 6.07) is 8.34. The standard InChI is InChI=1S/C15H22N2S2/c1-11(2)10-17(15(3,4)5)19-14-16-12-8-6-7-9-13(12)18-14/h6-9,11H,10H2,1-5H3. The van der Waals surface area contributed by atoms with E-state index < -0.39 is 0 Å². The van der Waals surface area contributed by atoms with E-state index in [0.717, 1.165) is 16.4 Å². The fourth-order valence-electron chi connectivity index (χ4n) is 1.76. The molecular weight excluding hydrogens is 272 g/mol. The lowest BCUT2D eigenvalue weighted by atomic mass is 10.1. The highest BCUT2D eigenvalue weighted by molar-refractivity contribution is 7.99. The van der Waals surface area contributed by atoms with Gasteiger partial charge in [-0.15, -0.1) is 11.3 Å². The molecule has 0 unspecified atom stereocenters. The van der Waals surface area contributed by atoms with Crippen molar-refractivity contribution >= 4 is 33.5 Å². The highest BCUT2D eigenvalue weighted by Gasteiger charge is 2.24. The Morgan fingerprint density at radius 1 is 1.26 bits per heavy atom. The van der Waals surface area contributed by atoms with Gasteiger partial charge in [0.05, 0.1) is 10.2 Å². The van der Waals surface area contributed by atoms with Crippen LogP contribution in [-0.4, -0.2) is 21.4 Å². The van der Waals surface area contributed by atoms with Gasteiger partial charge in [0.25, 0.3) is 0 Å². The van der Waals surface area contributed by atoms with E-state index in [0.29, 0.717) is 5.92 Å². The molecule has 0 saturated carbocycles. The van der Waals surface area contributed by atoms with Crippen molar-refractivity contribution in [3.63, 3.8) is 0 Å². The SMILES string of the molecule is CC(C)CN(Sc1nc2ccccc2s1)C(C)(C)C. The second kappa shape index (κ2) is 5.81. The van der Waals surface area contributed by atoms with Crippen molar-refractivity contribution in [3.05, 3.63) is 24.3 Å². The van der Waals surface area contributed by atoms with Gasteiger partial charge >= 0.3 is 0 Å². The predicted octanol–water partition coefficient (Wildman–Crippen LogP) is 5.06. The molecule has 1 heterocycles. The number of hydrogen-bond acceptors (Lipinski definition) is 4. The van der Waals surface area contributed by atoms with E-state index in [-0.39, 0.29) is 5.54 Å². The third kappa shape index (κ3) is 3.94. The van der Waals surface area contributed by atoms with Gasteiger partial charge in [0.15, 0.2) is 4.34 Å². The summed E-state index contributed by atoms with van der Waals surface area (Å²) < 4.78 is 4.84. The molecule has 0 N–H and O–H groups in total. The molecule has 0 radical (unpaired) electrons. The van der Waals surface area contributed by atoms with E-state index in [9.17, 15) is 0 Å². The van der Waals surface area contributed by atoms with Crippen LogP contribution < -0.4 is 0 Å². The maximum Gasteiger partial charge on any atom is 0.166 e. The predicted molar refractivity (Wildman–Crippen MR) is 86.8 cm³/mol. The lowest BCUT2D eigenvalue weighted by Crippen LogP contribution is -2.38. The van der Waals surface area contributed by atoms with Crippen LogP contribution in [0.4, 0.5) is 0 Å². The van der Waals surface area contributed by atoms with Crippen molar-refractivity contribution in [3.8, 4) is 0 Å². The normalized spacial score (nSPS) is 12.8. The van der Waals surface area contributed by atoms with E-state index in [1.807, 2.05) is 6.07 Å². The number of thiazole rings is 1. The first kappa shape index (κ1) is 14.8. The van der Waals surface area contributed by atoms with Crippen molar-refractivity contribution in [2.75, 3.05) is 6.54 Å². The number of nitrogens with zero attached hydrogens (tertiary/aromatic N) is 2. The molecule has 0 aliphatic rings. The zero-order valence-electron chi connectivity index (χ0n) is 12.3. The molecule has 104 valence electrons. The summed E-state index contributed by atoms with van der Waals surface area (Å²) in [5.41, 5.74) is 1.25. The van der Waals surface area contributed by atoms with Gasteiger partial charge in [-0.3, -0.25) is 0 Å². The molecular formula is C15H22N2S2. The molecule has 0 fully saturated rings. The topological polar surface area (TPSA) is 16.1 Å². The van der Waals surface area contributed by atoms with Crippen LogP contribution in [0.1, 0.15) is 34.6 Å². The quantitative estimate of drug-likeness (QED) is 0.733. The average Bonchev–Trinajstić information content (AvgIpc) is 2.68. The molecule has 1 aromatic heterocycles. The zero-order valence-corrected chi connectivity index (χ0v) is 13.9. The first-order valence-corrected chi connectivity index (χ1v) is 8.26. The maximum atomic E-state index is 4.71. The Labute approximate surface area is 124 Å². The van der Waals surface area contributed by atoms with Gasteiger partial charge in [-0.2, -0.15) is 0 Å². The Bertz CT molecular complexity index is 507. The highest BCUT2D eigenvalue weighted by atomic mass is 32.2. The summed E-state index contributed by atoms with van der Waals surface area (Å²) in [7, 11) is 0. The van der Waals surface area contributed by atoms with Gasteiger partial charge < -0.3 is 0 Å². The van der Waals surface area contributed by atoms with Crippen LogP contribution in [0.3, 0.4) is 0 Å². The first-order valence-electron chi connectivity index (χ1n) is 6.67. The van der Waals surface area contributed by atoms with Crippen LogP contribution in [0.25, 0.3) is 10.2 Å². The lowest BCUT2D eigenvalue weighted by molar-refractivity contribution is 0.249. The molecule has 0 saturated heterocycles. The largest absolute Gasteiger partial charge is 0.239 e. The second-order valence-corrected chi connectivity index (χ2v) is 8.46. The molecule has 2 aromatic rings. The van der Waals surface area contributed by atoms with E-state index in [2.05, 4.69) is 57.1 Å². The van der Waals surface area contributed by atoms with E-state index in [1.54, 1.807) is 23.3 Å². The Morgan fingerprint density at radius 2 is 1.95 bits per heavy atom. The summed E-state index contributed by atoms with van der Waals surface area (Å²) in [4.78, 5) is 4.71. The number of benzene rings is 1. The summed E-state index contributed by atoms with van der Waals surface area (Å²) in [5, 5.41) is 0. The number of hydrogen-bond donors (Lipinski definition) is 0. The molecule has 0 atom stereocenters. The minimum atomic E-state index is 0.146. The summed E-state index contributed by atoms with van der Waals surface area (Å²) >= 11 is 3.57. The van der Waals surface area contributed by atoms with Crippen molar-refractivity contribution in [1.29, 1.82) is 0 Å². The molecule has 0 aliphatic heterocycles. The third-order valence-electron chi connectivity index (χ3n) is 2.74. The summed E-state index contributed by atoms with van der Waals surface area (Å²) in [5.74, 6) is 0.654. The van der Waals surface area contributed by atoms with E-state index in [4.69, 9.17) is 4.98 Å². The molecule has 19 heavy (non-hydrogen) atoms. The fraction of sp³-hybridized carbons (Fsp3) is 0.533. The van der Waals surface area contributed by atoms with Gasteiger partial charge in [0, 0.05) is 12.1 Å². The molecule has 0 spiro atoms. The highest BCUT2D eigenvalue weighted by Crippen LogP contribution is 2.35. The minimum Gasteiger partial charge on any atom is -0.239 e. The Balaban J connectivity index is 2.20. The van der Waals surface area contributed by atoms with E-state index >= 15 is 0 Å². The number of aromatic nitrogens is 1. The Kier molecular flexibility index (Phi) is 4.54. The smallest absolute Gasteiger partial charge is 0.166 e. The summed E-state index contributed by atoms with van der Waals surface area (Å²) in [6.45, 7) is 12.4. The van der Waals surface area contributed by atoms with Crippen molar-refractivity contribution < 1.29 is 0 Å². The van der Waals surface area contributed by atoms with Crippen molar-refractivity contribution in [1.82, 2.24) is 9.29 Å². The minimum absolute atomic E-state index is 0.146. The molecule has 2 nitrogen and oxygen atoms in total. The van der Waals surface area contributed by atoms with Crippen LogP contribution in [0, 0.1) is 5.92 Å². The first-order chi connectivity index (χ1) is 8.86. The molecule has 1 aromatic carbocycles. The number of rotatable bonds is 4. The zero-order chi connectivity index (χ0) is 14.0. The van der Waals surface area contributed by atoms with Crippen LogP contribution >= 0.6 is 23.3 Å². The van der Waals surface area contributed by atoms with Crippen LogP contribution in [0.5, 0.6) is 0 Å². The van der Waals surface area contributed by atoms with E-state index in [1.165, 1.54) is 4.70 Å². The average molecular weight is 294 g/mol. The lowest BCUT2D eigenvalue weighted by Gasteiger charge is -2.34. The molecule has 0 aliphatic carbocycles. The maximum absolute atomic E-state index is 4.71. The van der Waals surface area contributed by atoms with Gasteiger partial charge in [0.2, 0.25) is 0 Å². The molecule has 0 bridgehead atoms. The van der Waals surface area contributed by atoms with Crippen molar-refractivity contribution in [2.45, 2.75) is 44.5 Å². The Morgan fingerprint density at radius 3 is 2.53 bits per heavy atom. The monoisotopic (exact) mass is 294 g/mol. The molecule has 0 amide bonds. The van der Waals surface area contributed by atoms with Crippen molar-refractivity contribution in [2.24, 2.45) is 5.92 Å².